The molecule has 2 heteroatoms. The second-order valence-electron chi connectivity index (χ2n) is 4.22. The molecule has 0 aliphatic heterocycles. The third kappa shape index (κ3) is 10.0. The van der Waals surface area contributed by atoms with Gasteiger partial charge in [-0.15, -0.1) is 0 Å². The highest BCUT2D eigenvalue weighted by Crippen LogP contribution is 2.17. The number of methoxy groups -OCH3 is 1. The van der Waals surface area contributed by atoms with Gasteiger partial charge in [0.15, 0.2) is 0 Å². The van der Waals surface area contributed by atoms with Gasteiger partial charge in [-0.2, -0.15) is 0 Å². The Balaban J connectivity index is 0.000000380. The molecule has 0 saturated heterocycles. The summed E-state index contributed by atoms with van der Waals surface area (Å²) in [5.41, 5.74) is 2.55. The first-order valence-electron chi connectivity index (χ1n) is 6.68. The van der Waals surface area contributed by atoms with Crippen LogP contribution < -0.4 is 0 Å². The van der Waals surface area contributed by atoms with Crippen LogP contribution >= 0.6 is 0 Å². The van der Waals surface area contributed by atoms with Crippen molar-refractivity contribution in [2.24, 2.45) is 0 Å². The summed E-state index contributed by atoms with van der Waals surface area (Å²) in [6, 6.07) is 20.8. The van der Waals surface area contributed by atoms with Crippen molar-refractivity contribution in [2.75, 3.05) is 13.7 Å². The first-order chi connectivity index (χ1) is 9.61. The van der Waals surface area contributed by atoms with Crippen LogP contribution in [0.15, 0.2) is 60.7 Å². The number of hydrogen-bond donors (Lipinski definition) is 0. The Bertz CT molecular complexity index is 406. The second kappa shape index (κ2) is 12.1. The van der Waals surface area contributed by atoms with Crippen LogP contribution in [-0.2, 0) is 9.53 Å². The molecule has 0 N–H and O–H groups in total. The fraction of sp³-hybridized carbons (Fsp3) is 0.278. The highest BCUT2D eigenvalue weighted by atomic mass is 16.5. The molecule has 0 saturated carbocycles. The molecule has 0 fully saturated rings. The predicted octanol–water partition coefficient (Wildman–Crippen LogP) is 4.60. The number of ketones is 1. The summed E-state index contributed by atoms with van der Waals surface area (Å²) in [6.07, 6.45) is 0. The van der Waals surface area contributed by atoms with Gasteiger partial charge in [0.05, 0.1) is 0 Å². The molecule has 108 valence electrons. The van der Waals surface area contributed by atoms with Crippen LogP contribution in [0.5, 0.6) is 0 Å². The van der Waals surface area contributed by atoms with Crippen LogP contribution in [0.4, 0.5) is 0 Å². The Morgan fingerprint density at radius 2 is 1.10 bits per heavy atom. The molecule has 0 amide bonds. The highest BCUT2D eigenvalue weighted by Gasteiger charge is 1.91. The van der Waals surface area contributed by atoms with Crippen molar-refractivity contribution in [1.82, 2.24) is 0 Å². The molecule has 0 aromatic heterocycles. The Hall–Kier alpha value is -1.93. The van der Waals surface area contributed by atoms with E-state index in [2.05, 4.69) is 53.3 Å². The summed E-state index contributed by atoms with van der Waals surface area (Å²) in [4.78, 5) is 9.44. The third-order valence-electron chi connectivity index (χ3n) is 2.17. The summed E-state index contributed by atoms with van der Waals surface area (Å²) >= 11 is 0. The second-order valence-corrected chi connectivity index (χ2v) is 4.22. The van der Waals surface area contributed by atoms with E-state index >= 15 is 0 Å². The smallest absolute Gasteiger partial charge is 0.126 e. The minimum atomic E-state index is 0.167. The van der Waals surface area contributed by atoms with Crippen molar-refractivity contribution < 1.29 is 9.53 Å². The molecule has 0 atom stereocenters. The number of rotatable bonds is 2. The van der Waals surface area contributed by atoms with Crippen LogP contribution in [-0.4, -0.2) is 19.5 Å². The molecule has 2 aromatic carbocycles. The fourth-order valence-corrected chi connectivity index (χ4v) is 1.26. The summed E-state index contributed by atoms with van der Waals surface area (Å²) in [6.45, 7) is 5.83. The molecule has 0 radical (unpaired) electrons. The molecular formula is C18H24O2. The first kappa shape index (κ1) is 18.1. The molecule has 0 heterocycles. The number of Topliss-reactive ketones (excluding diaryl/α,β-unsaturated/α-hetero) is 1. The van der Waals surface area contributed by atoms with E-state index in [0.717, 1.165) is 6.61 Å². The van der Waals surface area contributed by atoms with E-state index in [4.69, 9.17) is 0 Å². The van der Waals surface area contributed by atoms with Gasteiger partial charge in [0, 0.05) is 13.7 Å². The lowest BCUT2D eigenvalue weighted by atomic mass is 10.1. The maximum atomic E-state index is 9.44. The lowest BCUT2D eigenvalue weighted by Crippen LogP contribution is -1.73. The number of carbonyl (C=O) groups excluding carboxylic acids is 1. The molecule has 20 heavy (non-hydrogen) atoms. The zero-order valence-corrected chi connectivity index (χ0v) is 12.8. The average Bonchev–Trinajstić information content (AvgIpc) is 2.49. The van der Waals surface area contributed by atoms with E-state index < -0.39 is 0 Å². The van der Waals surface area contributed by atoms with Gasteiger partial charge in [-0.1, -0.05) is 60.7 Å². The van der Waals surface area contributed by atoms with Crippen molar-refractivity contribution in [3.05, 3.63) is 60.7 Å². The van der Waals surface area contributed by atoms with E-state index in [1.807, 2.05) is 19.1 Å². The molecule has 0 bridgehead atoms. The largest absolute Gasteiger partial charge is 0.385 e. The zero-order chi connectivity index (χ0) is 15.2. The molecule has 2 rings (SSSR count). The Morgan fingerprint density at radius 3 is 1.30 bits per heavy atom. The molecular weight excluding hydrogens is 248 g/mol. The lowest BCUT2D eigenvalue weighted by molar-refractivity contribution is -0.114. The van der Waals surface area contributed by atoms with Crippen molar-refractivity contribution >= 4 is 5.78 Å². The van der Waals surface area contributed by atoms with Gasteiger partial charge in [0.2, 0.25) is 0 Å². The third-order valence-corrected chi connectivity index (χ3v) is 2.17. The minimum Gasteiger partial charge on any atom is -0.385 e. The molecule has 0 aliphatic rings. The summed E-state index contributed by atoms with van der Waals surface area (Å²) in [5, 5.41) is 0. The predicted molar refractivity (Wildman–Crippen MR) is 85.8 cm³/mol. The Kier molecular flexibility index (Phi) is 11.0. The van der Waals surface area contributed by atoms with Crippen molar-refractivity contribution in [1.29, 1.82) is 0 Å². The standard InChI is InChI=1S/C12H10.C3H8O.C3H6O/c1-3-7-11(8-4-1)12-9-5-2-6-10-12;1-3-4-2;1-3(2)4/h1-10H;3H2,1-2H3;1-2H3. The molecule has 0 aliphatic carbocycles. The molecule has 2 nitrogen and oxygen atoms in total. The number of benzene rings is 2. The van der Waals surface area contributed by atoms with Crippen LogP contribution in [0.2, 0.25) is 0 Å². The Morgan fingerprint density at radius 1 is 0.850 bits per heavy atom. The van der Waals surface area contributed by atoms with Crippen LogP contribution in [0.1, 0.15) is 20.8 Å². The first-order valence-corrected chi connectivity index (χ1v) is 6.68. The maximum absolute atomic E-state index is 9.44. The SMILES string of the molecule is CC(C)=O.CCOC.c1ccc(-c2ccccc2)cc1. The van der Waals surface area contributed by atoms with Gasteiger partial charge in [-0.25, -0.2) is 0 Å². The van der Waals surface area contributed by atoms with Crippen molar-refractivity contribution in [3.8, 4) is 11.1 Å². The maximum Gasteiger partial charge on any atom is 0.126 e. The van der Waals surface area contributed by atoms with E-state index in [0.29, 0.717) is 0 Å². The molecule has 0 unspecified atom stereocenters. The number of ether oxygens (including phenoxy) is 1. The normalized spacial score (nSPS) is 8.60. The van der Waals surface area contributed by atoms with Gasteiger partial charge in [-0.3, -0.25) is 0 Å². The van der Waals surface area contributed by atoms with E-state index in [-0.39, 0.29) is 5.78 Å². The quantitative estimate of drug-likeness (QED) is 0.798. The Labute approximate surface area is 122 Å². The number of carbonyl (C=O) groups is 1. The number of hydrogen-bond acceptors (Lipinski definition) is 2. The van der Waals surface area contributed by atoms with E-state index in [1.165, 1.54) is 25.0 Å². The fourth-order valence-electron chi connectivity index (χ4n) is 1.26. The highest BCUT2D eigenvalue weighted by molar-refractivity contribution is 5.72. The van der Waals surface area contributed by atoms with E-state index in [9.17, 15) is 4.79 Å². The van der Waals surface area contributed by atoms with Crippen molar-refractivity contribution in [3.63, 3.8) is 0 Å². The van der Waals surface area contributed by atoms with E-state index in [1.54, 1.807) is 7.11 Å². The molecule has 0 spiro atoms. The van der Waals surface area contributed by atoms with Crippen LogP contribution in [0, 0.1) is 0 Å². The zero-order valence-electron chi connectivity index (χ0n) is 12.8. The van der Waals surface area contributed by atoms with Gasteiger partial charge >= 0.3 is 0 Å². The topological polar surface area (TPSA) is 26.3 Å². The van der Waals surface area contributed by atoms with Gasteiger partial charge in [0.25, 0.3) is 0 Å². The van der Waals surface area contributed by atoms with Crippen LogP contribution in [0.3, 0.4) is 0 Å². The summed E-state index contributed by atoms with van der Waals surface area (Å²) < 4.78 is 4.54. The minimum absolute atomic E-state index is 0.167. The lowest BCUT2D eigenvalue weighted by Gasteiger charge is -1.98. The van der Waals surface area contributed by atoms with Gasteiger partial charge in [0.1, 0.15) is 5.78 Å². The average molecular weight is 272 g/mol. The summed E-state index contributed by atoms with van der Waals surface area (Å²) in [5.74, 6) is 0.167. The van der Waals surface area contributed by atoms with Gasteiger partial charge in [-0.05, 0) is 31.9 Å². The van der Waals surface area contributed by atoms with Crippen LogP contribution in [0.25, 0.3) is 11.1 Å². The van der Waals surface area contributed by atoms with Crippen molar-refractivity contribution in [2.45, 2.75) is 20.8 Å². The monoisotopic (exact) mass is 272 g/mol. The molecule has 2 aromatic rings. The summed E-state index contributed by atoms with van der Waals surface area (Å²) in [7, 11) is 1.68. The van der Waals surface area contributed by atoms with Gasteiger partial charge < -0.3 is 9.53 Å².